The summed E-state index contributed by atoms with van der Waals surface area (Å²) in [6.07, 6.45) is 5.97. The number of nitrogens with one attached hydrogen (secondary N) is 1. The van der Waals surface area contributed by atoms with Gasteiger partial charge in [-0.15, -0.1) is 0 Å². The third-order valence-electron chi connectivity index (χ3n) is 3.83. The third kappa shape index (κ3) is 3.66. The fraction of sp³-hybridized carbons (Fsp3) is 0.500. The minimum Gasteiger partial charge on any atom is -0.478 e. The van der Waals surface area contributed by atoms with E-state index in [1.807, 2.05) is 11.8 Å². The highest BCUT2D eigenvalue weighted by Gasteiger charge is 2.26. The molecule has 0 spiro atoms. The van der Waals surface area contributed by atoms with Crippen molar-refractivity contribution in [2.75, 3.05) is 11.6 Å². The van der Waals surface area contributed by atoms with Gasteiger partial charge in [-0.25, -0.2) is 4.79 Å². The molecule has 0 amide bonds. The molecule has 2 rings (SSSR count). The molecule has 2 N–H and O–H groups in total. The van der Waals surface area contributed by atoms with Gasteiger partial charge in [0.25, 0.3) is 5.69 Å². The van der Waals surface area contributed by atoms with Crippen molar-refractivity contribution in [2.45, 2.75) is 37.0 Å². The quantitative estimate of drug-likeness (QED) is 0.640. The summed E-state index contributed by atoms with van der Waals surface area (Å²) in [5.74, 6) is -1.15. The van der Waals surface area contributed by atoms with E-state index in [4.69, 9.17) is 0 Å². The highest BCUT2D eigenvalue weighted by molar-refractivity contribution is 7.99. The third-order valence-corrected chi connectivity index (χ3v) is 4.96. The van der Waals surface area contributed by atoms with Gasteiger partial charge in [-0.3, -0.25) is 10.1 Å². The zero-order valence-corrected chi connectivity index (χ0v) is 12.6. The second-order valence-electron chi connectivity index (χ2n) is 5.12. The molecule has 6 nitrogen and oxygen atoms in total. The Morgan fingerprint density at radius 1 is 1.38 bits per heavy atom. The van der Waals surface area contributed by atoms with Crippen LogP contribution in [0.3, 0.4) is 0 Å². The zero-order chi connectivity index (χ0) is 15.4. The molecule has 1 saturated carbocycles. The lowest BCUT2D eigenvalue weighted by Crippen LogP contribution is -2.28. The van der Waals surface area contributed by atoms with Crippen molar-refractivity contribution < 1.29 is 14.8 Å². The van der Waals surface area contributed by atoms with Crippen molar-refractivity contribution in [3.8, 4) is 0 Å². The number of nitrogens with zero attached hydrogens (tertiary/aromatic N) is 1. The lowest BCUT2D eigenvalue weighted by atomic mass is 9.94. The fourth-order valence-corrected chi connectivity index (χ4v) is 3.41. The topological polar surface area (TPSA) is 92.5 Å². The van der Waals surface area contributed by atoms with Gasteiger partial charge < -0.3 is 10.4 Å². The van der Waals surface area contributed by atoms with Gasteiger partial charge in [-0.2, -0.15) is 11.8 Å². The summed E-state index contributed by atoms with van der Waals surface area (Å²) in [5, 5.41) is 24.0. The lowest BCUT2D eigenvalue weighted by molar-refractivity contribution is -0.384. The number of nitro groups is 1. The Bertz CT molecular complexity index is 510. The van der Waals surface area contributed by atoms with Crippen LogP contribution < -0.4 is 5.32 Å². The summed E-state index contributed by atoms with van der Waals surface area (Å²) in [7, 11) is 0. The fourth-order valence-electron chi connectivity index (χ4n) is 2.67. The lowest BCUT2D eigenvalue weighted by Gasteiger charge is -2.29. The number of para-hydroxylation sites is 1. The largest absolute Gasteiger partial charge is 0.478 e. The van der Waals surface area contributed by atoms with Crippen LogP contribution in [0.1, 0.15) is 36.0 Å². The number of nitro benzene ring substituents is 1. The van der Waals surface area contributed by atoms with E-state index in [1.165, 1.54) is 18.2 Å². The molecule has 114 valence electrons. The summed E-state index contributed by atoms with van der Waals surface area (Å²) in [6.45, 7) is 0. The average Bonchev–Trinajstić information content (AvgIpc) is 2.47. The number of carboxylic acids is 1. The summed E-state index contributed by atoms with van der Waals surface area (Å²) < 4.78 is 0. The molecule has 0 aromatic heterocycles. The first-order valence-electron chi connectivity index (χ1n) is 6.83. The first-order chi connectivity index (χ1) is 10.0. The van der Waals surface area contributed by atoms with Gasteiger partial charge in [0.2, 0.25) is 0 Å². The maximum absolute atomic E-state index is 11.3. The number of aromatic carboxylic acids is 1. The highest BCUT2D eigenvalue weighted by Crippen LogP contribution is 2.33. The second kappa shape index (κ2) is 6.80. The summed E-state index contributed by atoms with van der Waals surface area (Å²) in [6, 6.07) is 4.22. The Morgan fingerprint density at radius 2 is 2.05 bits per heavy atom. The zero-order valence-electron chi connectivity index (χ0n) is 11.7. The molecule has 1 aliphatic carbocycles. The van der Waals surface area contributed by atoms with Crippen LogP contribution in [0.4, 0.5) is 11.4 Å². The predicted octanol–water partition coefficient (Wildman–Crippen LogP) is 3.38. The monoisotopic (exact) mass is 310 g/mol. The number of carboxylic acid groups (broad SMARTS) is 1. The standard InChI is InChI=1S/C14H18N2O4S/c1-21-10-7-5-9(6-8-10)15-13-11(14(17)18)3-2-4-12(13)16(19)20/h2-4,9-10,15H,5-8H2,1H3,(H,17,18). The van der Waals surface area contributed by atoms with Crippen molar-refractivity contribution >= 4 is 29.1 Å². The molecule has 0 bridgehead atoms. The molecule has 0 heterocycles. The van der Waals surface area contributed by atoms with Crippen LogP contribution in [-0.2, 0) is 0 Å². The smallest absolute Gasteiger partial charge is 0.338 e. The molecule has 0 saturated heterocycles. The maximum Gasteiger partial charge on any atom is 0.338 e. The molecule has 1 fully saturated rings. The van der Waals surface area contributed by atoms with Crippen molar-refractivity contribution in [2.24, 2.45) is 0 Å². The first-order valence-corrected chi connectivity index (χ1v) is 8.11. The van der Waals surface area contributed by atoms with Crippen LogP contribution in [0, 0.1) is 10.1 Å². The number of hydrogen-bond acceptors (Lipinski definition) is 5. The van der Waals surface area contributed by atoms with Crippen molar-refractivity contribution in [1.29, 1.82) is 0 Å². The predicted molar refractivity (Wildman–Crippen MR) is 83.2 cm³/mol. The SMILES string of the molecule is CSC1CCC(Nc2c(C(=O)O)cccc2[N+](=O)[O-])CC1. The molecule has 1 aliphatic rings. The summed E-state index contributed by atoms with van der Waals surface area (Å²) in [5.41, 5.74) is -0.0966. The molecule has 0 aliphatic heterocycles. The molecule has 0 atom stereocenters. The van der Waals surface area contributed by atoms with Gasteiger partial charge in [0.1, 0.15) is 5.69 Å². The summed E-state index contributed by atoms with van der Waals surface area (Å²) in [4.78, 5) is 21.8. The van der Waals surface area contributed by atoms with Crippen molar-refractivity contribution in [1.82, 2.24) is 0 Å². The van der Waals surface area contributed by atoms with E-state index in [9.17, 15) is 20.0 Å². The molecule has 1 aromatic carbocycles. The van der Waals surface area contributed by atoms with E-state index in [0.717, 1.165) is 25.7 Å². The van der Waals surface area contributed by atoms with E-state index in [2.05, 4.69) is 11.6 Å². The first kappa shape index (κ1) is 15.6. The number of rotatable bonds is 5. The van der Waals surface area contributed by atoms with Crippen LogP contribution in [0.5, 0.6) is 0 Å². The normalized spacial score (nSPS) is 21.8. The van der Waals surface area contributed by atoms with Crippen LogP contribution >= 0.6 is 11.8 Å². The van der Waals surface area contributed by atoms with Gasteiger partial charge in [0.15, 0.2) is 0 Å². The Labute approximate surface area is 127 Å². The number of anilines is 1. The minimum atomic E-state index is -1.15. The molecule has 0 unspecified atom stereocenters. The van der Waals surface area contributed by atoms with Gasteiger partial charge in [-0.1, -0.05) is 6.07 Å². The summed E-state index contributed by atoms with van der Waals surface area (Å²) >= 11 is 1.84. The van der Waals surface area contributed by atoms with E-state index in [0.29, 0.717) is 5.25 Å². The van der Waals surface area contributed by atoms with Crippen LogP contribution in [-0.4, -0.2) is 33.5 Å². The van der Waals surface area contributed by atoms with Gasteiger partial charge >= 0.3 is 5.97 Å². The molecule has 7 heteroatoms. The van der Waals surface area contributed by atoms with Crippen LogP contribution in [0.25, 0.3) is 0 Å². The Morgan fingerprint density at radius 3 is 2.57 bits per heavy atom. The molecular formula is C14H18N2O4S. The number of carbonyl (C=O) groups is 1. The molecule has 0 radical (unpaired) electrons. The van der Waals surface area contributed by atoms with Crippen LogP contribution in [0.2, 0.25) is 0 Å². The minimum absolute atomic E-state index is 0.0452. The van der Waals surface area contributed by atoms with E-state index in [1.54, 1.807) is 0 Å². The van der Waals surface area contributed by atoms with E-state index < -0.39 is 10.9 Å². The molecule has 21 heavy (non-hydrogen) atoms. The van der Waals surface area contributed by atoms with Crippen LogP contribution in [0.15, 0.2) is 18.2 Å². The number of thioether (sulfide) groups is 1. The number of benzene rings is 1. The Balaban J connectivity index is 2.22. The van der Waals surface area contributed by atoms with Gasteiger partial charge in [0, 0.05) is 17.4 Å². The Kier molecular flexibility index (Phi) is 5.06. The van der Waals surface area contributed by atoms with Gasteiger partial charge in [-0.05, 0) is 38.0 Å². The van der Waals surface area contributed by atoms with E-state index >= 15 is 0 Å². The number of hydrogen-bond donors (Lipinski definition) is 2. The van der Waals surface area contributed by atoms with Crippen molar-refractivity contribution in [3.05, 3.63) is 33.9 Å². The van der Waals surface area contributed by atoms with Gasteiger partial charge in [0.05, 0.1) is 10.5 Å². The van der Waals surface area contributed by atoms with E-state index in [-0.39, 0.29) is 23.0 Å². The highest BCUT2D eigenvalue weighted by atomic mass is 32.2. The average molecular weight is 310 g/mol. The van der Waals surface area contributed by atoms with Crippen molar-refractivity contribution in [3.63, 3.8) is 0 Å². The second-order valence-corrected chi connectivity index (χ2v) is 6.25. The maximum atomic E-state index is 11.3. The molecular weight excluding hydrogens is 292 g/mol. The Hall–Kier alpha value is -1.76. The molecule has 1 aromatic rings.